The molecule has 1 aliphatic heterocycles. The van der Waals surface area contributed by atoms with Crippen molar-refractivity contribution in [1.29, 1.82) is 0 Å². The number of carbonyl (C=O) groups excluding carboxylic acids is 4. The second-order valence-electron chi connectivity index (χ2n) is 18.5. The Bertz CT molecular complexity index is 1910. The van der Waals surface area contributed by atoms with Crippen LogP contribution in [-0.4, -0.2) is 88.0 Å². The van der Waals surface area contributed by atoms with Crippen LogP contribution in [0.5, 0.6) is 0 Å². The predicted octanol–water partition coefficient (Wildman–Crippen LogP) is 5.77. The lowest BCUT2D eigenvalue weighted by molar-refractivity contribution is -0.355. The van der Waals surface area contributed by atoms with Gasteiger partial charge in [0.1, 0.15) is 24.4 Å². The Morgan fingerprint density at radius 1 is 0.915 bits per heavy atom. The second-order valence-corrected chi connectivity index (χ2v) is 18.5. The van der Waals surface area contributed by atoms with E-state index in [4.69, 9.17) is 18.9 Å². The Kier molecular flexibility index (Phi) is 12.2. The maximum Gasteiger partial charge on any atom is 0.338 e. The van der Waals surface area contributed by atoms with Crippen LogP contribution in [0.25, 0.3) is 0 Å². The molecule has 59 heavy (non-hydrogen) atoms. The Hall–Kier alpha value is -4.10. The standard InChI is InChI=1S/C47H61NO11/c1-7-8-11-20-35(50)48-37(28-16-12-9-13-17-28)27(3)42(53)57-32-23-31-39(58-43(54)29-18-14-10-15-19-29)40-46(6,41(52)38(51)36(26(32)2)45(31,4)5)33(49)24-34-47(40,25-56-34)59-44(55)30-21-22-30/h9-10,12-19,27,30-34,37-41,49,51-52H,7-8,11,20-25H2,1-6H3,(H,48,50)/t27-,31?,32+,33+,34-,37-,38-,39-,40?,41+,46-,47+/m1/s1. The van der Waals surface area contributed by atoms with Gasteiger partial charge in [-0.15, -0.1) is 0 Å². The van der Waals surface area contributed by atoms with Gasteiger partial charge in [-0.1, -0.05) is 89.1 Å². The third kappa shape index (κ3) is 7.75. The van der Waals surface area contributed by atoms with Gasteiger partial charge in [0.15, 0.2) is 5.60 Å². The molecular weight excluding hydrogens is 755 g/mol. The van der Waals surface area contributed by atoms with Crippen molar-refractivity contribution in [3.8, 4) is 0 Å². The molecule has 2 aromatic rings. The van der Waals surface area contributed by atoms with Crippen molar-refractivity contribution in [2.45, 2.75) is 141 Å². The zero-order valence-electron chi connectivity index (χ0n) is 35.1. The first kappa shape index (κ1) is 43.0. The molecule has 1 amide bonds. The number of aliphatic hydroxyl groups excluding tert-OH is 3. The molecule has 2 bridgehead atoms. The molecular formula is C47H61NO11. The Labute approximate surface area is 347 Å². The minimum atomic E-state index is -1.64. The lowest BCUT2D eigenvalue weighted by atomic mass is 9.45. The first-order valence-electron chi connectivity index (χ1n) is 21.5. The summed E-state index contributed by atoms with van der Waals surface area (Å²) < 4.78 is 25.6. The molecule has 12 atom stereocenters. The maximum absolute atomic E-state index is 14.4. The summed E-state index contributed by atoms with van der Waals surface area (Å²) in [6.07, 6.45) is -2.83. The summed E-state index contributed by atoms with van der Waals surface area (Å²) in [6.45, 7) is 11.0. The normalized spacial score (nSPS) is 34.3. The fourth-order valence-electron chi connectivity index (χ4n) is 10.7. The van der Waals surface area contributed by atoms with E-state index in [2.05, 4.69) is 12.2 Å². The van der Waals surface area contributed by atoms with E-state index in [0.717, 1.165) is 24.8 Å². The molecule has 3 saturated carbocycles. The van der Waals surface area contributed by atoms with Gasteiger partial charge in [0.25, 0.3) is 0 Å². The molecule has 2 unspecified atom stereocenters. The molecule has 4 fully saturated rings. The summed E-state index contributed by atoms with van der Waals surface area (Å²) in [5.74, 6) is -4.68. The Morgan fingerprint density at radius 3 is 2.19 bits per heavy atom. The summed E-state index contributed by atoms with van der Waals surface area (Å²) in [6, 6.07) is 17.1. The number of fused-ring (bicyclic) bond motifs is 5. The average Bonchev–Trinajstić information content (AvgIpc) is 4.07. The monoisotopic (exact) mass is 815 g/mol. The summed E-state index contributed by atoms with van der Waals surface area (Å²) in [5.41, 5.74) is -1.97. The average molecular weight is 816 g/mol. The van der Waals surface area contributed by atoms with Gasteiger partial charge < -0.3 is 39.6 Å². The highest BCUT2D eigenvalue weighted by atomic mass is 16.6. The second kappa shape index (κ2) is 16.7. The number of rotatable bonds is 13. The van der Waals surface area contributed by atoms with Crippen molar-refractivity contribution in [3.63, 3.8) is 0 Å². The van der Waals surface area contributed by atoms with Gasteiger partial charge in [-0.3, -0.25) is 14.4 Å². The van der Waals surface area contributed by atoms with Crippen molar-refractivity contribution in [2.75, 3.05) is 6.61 Å². The lowest BCUT2D eigenvalue weighted by Crippen LogP contribution is -2.80. The van der Waals surface area contributed by atoms with E-state index in [0.29, 0.717) is 30.4 Å². The van der Waals surface area contributed by atoms with E-state index in [1.165, 1.54) is 0 Å². The molecule has 12 nitrogen and oxygen atoms in total. The summed E-state index contributed by atoms with van der Waals surface area (Å²) >= 11 is 0. The van der Waals surface area contributed by atoms with Crippen LogP contribution in [0.2, 0.25) is 0 Å². The number of carbonyl (C=O) groups is 4. The number of nitrogens with one attached hydrogen (secondary N) is 1. The molecule has 1 saturated heterocycles. The van der Waals surface area contributed by atoms with Crippen LogP contribution in [0.1, 0.15) is 115 Å². The largest absolute Gasteiger partial charge is 0.458 e. The Balaban J connectivity index is 1.30. The van der Waals surface area contributed by atoms with Gasteiger partial charge in [0, 0.05) is 24.2 Å². The van der Waals surface area contributed by atoms with Crippen LogP contribution >= 0.6 is 0 Å². The first-order valence-corrected chi connectivity index (χ1v) is 21.5. The zero-order valence-corrected chi connectivity index (χ0v) is 35.1. The van der Waals surface area contributed by atoms with Crippen molar-refractivity contribution in [2.24, 2.45) is 34.5 Å². The smallest absolute Gasteiger partial charge is 0.338 e. The van der Waals surface area contributed by atoms with Crippen LogP contribution in [0.3, 0.4) is 0 Å². The van der Waals surface area contributed by atoms with Gasteiger partial charge in [0.2, 0.25) is 5.91 Å². The van der Waals surface area contributed by atoms with Crippen LogP contribution in [-0.2, 0) is 33.3 Å². The number of esters is 3. The number of amides is 1. The Morgan fingerprint density at radius 2 is 1.58 bits per heavy atom. The van der Waals surface area contributed by atoms with Gasteiger partial charge in [-0.05, 0) is 73.8 Å². The van der Waals surface area contributed by atoms with E-state index in [-0.39, 0.29) is 36.8 Å². The van der Waals surface area contributed by atoms with Gasteiger partial charge >= 0.3 is 17.9 Å². The van der Waals surface area contributed by atoms with Gasteiger partial charge in [-0.25, -0.2) is 4.79 Å². The molecule has 12 heteroatoms. The van der Waals surface area contributed by atoms with Crippen LogP contribution in [0, 0.1) is 34.5 Å². The molecule has 0 aromatic heterocycles. The molecule has 320 valence electrons. The van der Waals surface area contributed by atoms with Crippen molar-refractivity contribution in [3.05, 3.63) is 82.9 Å². The zero-order chi connectivity index (χ0) is 42.4. The van der Waals surface area contributed by atoms with E-state index >= 15 is 0 Å². The van der Waals surface area contributed by atoms with E-state index in [1.54, 1.807) is 51.1 Å². The third-order valence-corrected chi connectivity index (χ3v) is 14.4. The fraction of sp³-hybridized carbons (Fsp3) is 0.617. The quantitative estimate of drug-likeness (QED) is 0.0835. The summed E-state index contributed by atoms with van der Waals surface area (Å²) in [4.78, 5) is 55.5. The SMILES string of the molecule is CCCCCC(=O)N[C@@H](c1ccccc1)[C@@H](C)C(=O)O[C@H]1CC2[C@@H](OC(=O)c3ccccc3)C3[C@@](C)([C@@H](O)C[C@H]4OC[C@@]34OC(=O)C3CC3)[C@@H](O)[C@H](O)C(=C1C)C2(C)C. The minimum absolute atomic E-state index is 0.0238. The van der Waals surface area contributed by atoms with Crippen molar-refractivity contribution < 1.29 is 53.4 Å². The number of hydrogen-bond acceptors (Lipinski definition) is 11. The highest BCUT2D eigenvalue weighted by molar-refractivity contribution is 5.89. The lowest BCUT2D eigenvalue weighted by Gasteiger charge is -2.67. The van der Waals surface area contributed by atoms with E-state index in [1.807, 2.05) is 44.2 Å². The molecule has 5 aliphatic rings. The molecule has 2 aromatic carbocycles. The van der Waals surface area contributed by atoms with Crippen LogP contribution in [0.4, 0.5) is 0 Å². The van der Waals surface area contributed by atoms with E-state index < -0.39 is 94.8 Å². The fourth-order valence-corrected chi connectivity index (χ4v) is 10.7. The van der Waals surface area contributed by atoms with Crippen LogP contribution in [0.15, 0.2) is 71.8 Å². The van der Waals surface area contributed by atoms with Gasteiger partial charge in [0.05, 0.1) is 48.2 Å². The van der Waals surface area contributed by atoms with Crippen molar-refractivity contribution in [1.82, 2.24) is 5.32 Å². The first-order chi connectivity index (χ1) is 28.1. The number of aliphatic hydroxyl groups is 3. The topological polar surface area (TPSA) is 178 Å². The molecule has 4 aliphatic carbocycles. The number of unbranched alkanes of at least 4 members (excludes halogenated alkanes) is 2. The summed E-state index contributed by atoms with van der Waals surface area (Å²) in [5, 5.41) is 40.1. The number of ether oxygens (including phenoxy) is 4. The third-order valence-electron chi connectivity index (χ3n) is 14.4. The molecule has 1 heterocycles. The predicted molar refractivity (Wildman–Crippen MR) is 216 cm³/mol. The molecule has 0 radical (unpaired) electrons. The number of hydrogen-bond donors (Lipinski definition) is 4. The minimum Gasteiger partial charge on any atom is -0.458 e. The maximum atomic E-state index is 14.4. The van der Waals surface area contributed by atoms with Crippen LogP contribution < -0.4 is 5.32 Å². The number of benzene rings is 2. The molecule has 0 spiro atoms. The molecule has 7 rings (SSSR count). The summed E-state index contributed by atoms with van der Waals surface area (Å²) in [7, 11) is 0. The van der Waals surface area contributed by atoms with Gasteiger partial charge in [-0.2, -0.15) is 0 Å². The highest BCUT2D eigenvalue weighted by Crippen LogP contribution is 2.64. The highest BCUT2D eigenvalue weighted by Gasteiger charge is 2.75. The molecule has 4 N–H and O–H groups in total. The van der Waals surface area contributed by atoms with E-state index in [9.17, 15) is 34.5 Å². The van der Waals surface area contributed by atoms with Crippen molar-refractivity contribution >= 4 is 23.8 Å².